The quantitative estimate of drug-likeness (QED) is 0.796. The lowest BCUT2D eigenvalue weighted by Crippen LogP contribution is -2.48. The molecule has 0 amide bonds. The Morgan fingerprint density at radius 1 is 1.56 bits per heavy atom. The van der Waals surface area contributed by atoms with Crippen LogP contribution in [-0.4, -0.2) is 35.4 Å². The maximum atomic E-state index is 5.51. The van der Waals surface area contributed by atoms with Gasteiger partial charge in [-0.15, -0.1) is 0 Å². The van der Waals surface area contributed by atoms with Crippen LogP contribution in [0.1, 0.15) is 26.6 Å². The van der Waals surface area contributed by atoms with E-state index in [0.29, 0.717) is 0 Å². The second kappa shape index (κ2) is 5.46. The first-order valence-electron chi connectivity index (χ1n) is 5.77. The average Bonchev–Trinajstić information content (AvgIpc) is 2.72. The Morgan fingerprint density at radius 3 is 2.75 bits per heavy atom. The number of aromatic nitrogens is 2. The highest BCUT2D eigenvalue weighted by Gasteiger charge is 2.29. The van der Waals surface area contributed by atoms with Crippen molar-refractivity contribution in [3.63, 3.8) is 0 Å². The van der Waals surface area contributed by atoms with Gasteiger partial charge in [-0.1, -0.05) is 0 Å². The Kier molecular flexibility index (Phi) is 4.50. The lowest BCUT2D eigenvalue weighted by Gasteiger charge is -2.32. The van der Waals surface area contributed by atoms with E-state index in [9.17, 15) is 0 Å². The number of hydrogen-bond donors (Lipinski definition) is 1. The van der Waals surface area contributed by atoms with Gasteiger partial charge < -0.3 is 14.6 Å². The van der Waals surface area contributed by atoms with Crippen molar-refractivity contribution in [2.45, 2.75) is 45.4 Å². The number of aryl methyl sites for hydroxylation is 1. The largest absolute Gasteiger partial charge is 0.377 e. The summed E-state index contributed by atoms with van der Waals surface area (Å²) in [6, 6.07) is 0.255. The number of methoxy groups -OCH3 is 1. The third-order valence-corrected chi connectivity index (χ3v) is 3.24. The normalized spacial score (nSPS) is 14.1. The first-order valence-corrected chi connectivity index (χ1v) is 5.77. The van der Waals surface area contributed by atoms with Gasteiger partial charge in [-0.3, -0.25) is 0 Å². The molecule has 1 rings (SSSR count). The highest BCUT2D eigenvalue weighted by atomic mass is 16.5. The van der Waals surface area contributed by atoms with Gasteiger partial charge in [0.1, 0.15) is 5.82 Å². The molecule has 0 saturated carbocycles. The molecule has 1 aromatic heterocycles. The van der Waals surface area contributed by atoms with Gasteiger partial charge in [-0.2, -0.15) is 0 Å². The molecule has 0 saturated heterocycles. The van der Waals surface area contributed by atoms with E-state index >= 15 is 0 Å². The molecule has 1 atom stereocenters. The van der Waals surface area contributed by atoms with Crippen molar-refractivity contribution >= 4 is 0 Å². The Morgan fingerprint density at radius 2 is 2.25 bits per heavy atom. The van der Waals surface area contributed by atoms with Crippen LogP contribution in [0.2, 0.25) is 0 Å². The van der Waals surface area contributed by atoms with Crippen molar-refractivity contribution in [2.75, 3.05) is 14.2 Å². The summed E-state index contributed by atoms with van der Waals surface area (Å²) in [5, 5.41) is 3.30. The number of imidazole rings is 1. The molecule has 0 bridgehead atoms. The number of nitrogens with zero attached hydrogens (tertiary/aromatic N) is 2. The van der Waals surface area contributed by atoms with Crippen molar-refractivity contribution in [3.05, 3.63) is 18.2 Å². The van der Waals surface area contributed by atoms with Crippen molar-refractivity contribution in [1.29, 1.82) is 0 Å². The Labute approximate surface area is 98.0 Å². The minimum atomic E-state index is -0.195. The summed E-state index contributed by atoms with van der Waals surface area (Å²) in [4.78, 5) is 4.39. The third-order valence-electron chi connectivity index (χ3n) is 3.24. The first kappa shape index (κ1) is 13.2. The molecule has 0 radical (unpaired) electrons. The Hall–Kier alpha value is -0.870. The van der Waals surface area contributed by atoms with Gasteiger partial charge >= 0.3 is 0 Å². The predicted octanol–water partition coefficient (Wildman–Crippen LogP) is 1.46. The minimum absolute atomic E-state index is 0.195. The topological polar surface area (TPSA) is 39.1 Å². The van der Waals surface area contributed by atoms with Crippen molar-refractivity contribution in [2.24, 2.45) is 0 Å². The third kappa shape index (κ3) is 2.83. The molecule has 16 heavy (non-hydrogen) atoms. The van der Waals surface area contributed by atoms with Gasteiger partial charge in [-0.25, -0.2) is 4.98 Å². The molecule has 0 fully saturated rings. The smallest absolute Gasteiger partial charge is 0.110 e. The molecule has 1 heterocycles. The standard InChI is InChI=1S/C12H23N3O/c1-6-15-8-7-14-11(15)9-10(13-4)12(2,3)16-5/h7-8,10,13H,6,9H2,1-5H3. The van der Waals surface area contributed by atoms with E-state index in [-0.39, 0.29) is 11.6 Å². The lowest BCUT2D eigenvalue weighted by atomic mass is 9.95. The van der Waals surface area contributed by atoms with E-state index in [4.69, 9.17) is 4.74 Å². The molecular weight excluding hydrogens is 202 g/mol. The van der Waals surface area contributed by atoms with Crippen molar-refractivity contribution in [3.8, 4) is 0 Å². The molecule has 0 aliphatic carbocycles. The summed E-state index contributed by atoms with van der Waals surface area (Å²) in [5.74, 6) is 1.10. The number of likely N-dealkylation sites (N-methyl/N-ethyl adjacent to an activating group) is 1. The van der Waals surface area contributed by atoms with E-state index in [1.165, 1.54) is 0 Å². The van der Waals surface area contributed by atoms with E-state index in [0.717, 1.165) is 18.8 Å². The van der Waals surface area contributed by atoms with Gasteiger partial charge in [0.15, 0.2) is 0 Å². The SMILES string of the molecule is CCn1ccnc1CC(NC)C(C)(C)OC. The highest BCUT2D eigenvalue weighted by Crippen LogP contribution is 2.17. The summed E-state index contributed by atoms with van der Waals surface area (Å²) in [5.41, 5.74) is -0.195. The van der Waals surface area contributed by atoms with Crippen LogP contribution in [0.25, 0.3) is 0 Å². The fraction of sp³-hybridized carbons (Fsp3) is 0.750. The van der Waals surface area contributed by atoms with Crippen LogP contribution in [0.3, 0.4) is 0 Å². The predicted molar refractivity (Wildman–Crippen MR) is 65.5 cm³/mol. The number of ether oxygens (including phenoxy) is 1. The second-order valence-corrected chi connectivity index (χ2v) is 4.48. The molecule has 1 unspecified atom stereocenters. The van der Waals surface area contributed by atoms with Crippen molar-refractivity contribution < 1.29 is 4.74 Å². The zero-order chi connectivity index (χ0) is 12.2. The number of rotatable bonds is 6. The summed E-state index contributed by atoms with van der Waals surface area (Å²) >= 11 is 0. The van der Waals surface area contributed by atoms with Crippen LogP contribution in [-0.2, 0) is 17.7 Å². The Bertz CT molecular complexity index is 320. The second-order valence-electron chi connectivity index (χ2n) is 4.48. The maximum absolute atomic E-state index is 5.51. The van der Waals surface area contributed by atoms with E-state index < -0.39 is 0 Å². The van der Waals surface area contributed by atoms with Crippen molar-refractivity contribution in [1.82, 2.24) is 14.9 Å². The molecule has 4 nitrogen and oxygen atoms in total. The fourth-order valence-corrected chi connectivity index (χ4v) is 1.84. The zero-order valence-electron chi connectivity index (χ0n) is 10.9. The average molecular weight is 225 g/mol. The van der Waals surface area contributed by atoms with Crippen LogP contribution in [0.5, 0.6) is 0 Å². The van der Waals surface area contributed by atoms with Gasteiger partial charge in [0, 0.05) is 38.5 Å². The summed E-state index contributed by atoms with van der Waals surface area (Å²) in [7, 11) is 3.71. The summed E-state index contributed by atoms with van der Waals surface area (Å²) in [6.07, 6.45) is 4.74. The van der Waals surface area contributed by atoms with E-state index in [1.807, 2.05) is 19.4 Å². The fourth-order valence-electron chi connectivity index (χ4n) is 1.84. The molecule has 4 heteroatoms. The molecule has 0 aliphatic rings. The zero-order valence-corrected chi connectivity index (χ0v) is 10.9. The van der Waals surface area contributed by atoms with Crippen LogP contribution in [0.15, 0.2) is 12.4 Å². The van der Waals surface area contributed by atoms with Gasteiger partial charge in [-0.05, 0) is 27.8 Å². The molecule has 92 valence electrons. The monoisotopic (exact) mass is 225 g/mol. The molecule has 1 N–H and O–H groups in total. The van der Waals surface area contributed by atoms with E-state index in [1.54, 1.807) is 7.11 Å². The van der Waals surface area contributed by atoms with Crippen LogP contribution < -0.4 is 5.32 Å². The molecule has 0 spiro atoms. The van der Waals surface area contributed by atoms with Gasteiger partial charge in [0.25, 0.3) is 0 Å². The molecule has 0 aliphatic heterocycles. The molecular formula is C12H23N3O. The summed E-state index contributed by atoms with van der Waals surface area (Å²) in [6.45, 7) is 7.26. The molecule has 0 aromatic carbocycles. The molecule has 1 aromatic rings. The van der Waals surface area contributed by atoms with Crippen LogP contribution in [0.4, 0.5) is 0 Å². The van der Waals surface area contributed by atoms with Gasteiger partial charge in [0.05, 0.1) is 5.60 Å². The number of nitrogens with one attached hydrogen (secondary N) is 1. The summed E-state index contributed by atoms with van der Waals surface area (Å²) < 4.78 is 7.68. The lowest BCUT2D eigenvalue weighted by molar-refractivity contribution is -0.00866. The number of hydrogen-bond acceptors (Lipinski definition) is 3. The van der Waals surface area contributed by atoms with E-state index in [2.05, 4.69) is 35.6 Å². The van der Waals surface area contributed by atoms with Gasteiger partial charge in [0.2, 0.25) is 0 Å². The van der Waals surface area contributed by atoms with Crippen LogP contribution >= 0.6 is 0 Å². The first-order chi connectivity index (χ1) is 7.55. The highest BCUT2D eigenvalue weighted by molar-refractivity contribution is 4.99. The maximum Gasteiger partial charge on any atom is 0.110 e. The Balaban J connectivity index is 2.78. The van der Waals surface area contributed by atoms with Crippen LogP contribution in [0, 0.1) is 0 Å². The minimum Gasteiger partial charge on any atom is -0.377 e.